The maximum atomic E-state index is 15.3. The Bertz CT molecular complexity index is 3460. The molecule has 0 atom stereocenters. The number of benzene rings is 11. The third kappa shape index (κ3) is 3.36. The molecule has 0 unspecified atom stereocenters. The Morgan fingerprint density at radius 2 is 0.660 bits per heavy atom. The average Bonchev–Trinajstić information content (AvgIpc) is 3.71. The zero-order valence-corrected chi connectivity index (χ0v) is 28.5. The molecule has 0 N–H and O–H groups in total. The summed E-state index contributed by atoms with van der Waals surface area (Å²) in [4.78, 5) is 0. The first-order valence-corrected chi connectivity index (χ1v) is 18.4. The van der Waals surface area contributed by atoms with Crippen LogP contribution < -0.4 is 0 Å². The molecule has 1 heteroatoms. The van der Waals surface area contributed by atoms with E-state index in [0.717, 1.165) is 26.9 Å². The van der Waals surface area contributed by atoms with E-state index in [2.05, 4.69) is 140 Å². The minimum absolute atomic E-state index is 0.174. The predicted octanol–water partition coefficient (Wildman–Crippen LogP) is 15.0. The molecule has 13 aromatic rings. The second kappa shape index (κ2) is 9.73. The molecule has 0 heterocycles. The van der Waals surface area contributed by atoms with Gasteiger partial charge in [-0.1, -0.05) is 146 Å². The lowest BCUT2D eigenvalue weighted by Crippen LogP contribution is -1.89. The van der Waals surface area contributed by atoms with Crippen LogP contribution in [0.1, 0.15) is 0 Å². The van der Waals surface area contributed by atoms with E-state index in [1.165, 1.54) is 97.7 Å². The normalized spacial score (nSPS) is 12.6. The standard InChI is InChI=1S/C52H27F/c53-44-25-24-36-41-27-43-42(26-40(41)33-18-9-19-37(44)48(33)36)46(29-10-3-1-4-11-29)51-38-22-20-34-31-16-7-14-28-15-8-17-32(45(28)31)35-21-23-39(50(38)49(34)35)52(51)47(43)30-12-5-2-6-13-30/h1-27H. The molecule has 13 aromatic carbocycles. The van der Waals surface area contributed by atoms with Crippen molar-refractivity contribution in [3.63, 3.8) is 0 Å². The molecule has 13 rings (SSSR count). The number of rotatable bonds is 2. The predicted molar refractivity (Wildman–Crippen MR) is 226 cm³/mol. The van der Waals surface area contributed by atoms with Gasteiger partial charge in [-0.25, -0.2) is 4.39 Å². The fourth-order valence-corrected chi connectivity index (χ4v) is 10.3. The second-order valence-corrected chi connectivity index (χ2v) is 14.8. The molecule has 0 saturated heterocycles. The molecule has 0 amide bonds. The fraction of sp³-hybridized carbons (Fsp3) is 0. The highest BCUT2D eigenvalue weighted by Gasteiger charge is 2.26. The van der Waals surface area contributed by atoms with Crippen molar-refractivity contribution < 1.29 is 4.39 Å². The van der Waals surface area contributed by atoms with Crippen LogP contribution in [0.25, 0.3) is 130 Å². The second-order valence-electron chi connectivity index (χ2n) is 14.8. The highest BCUT2D eigenvalue weighted by molar-refractivity contribution is 6.46. The van der Waals surface area contributed by atoms with Crippen LogP contribution in [0.4, 0.5) is 4.39 Å². The zero-order valence-electron chi connectivity index (χ0n) is 28.5. The molecule has 0 aliphatic rings. The summed E-state index contributed by atoms with van der Waals surface area (Å²) in [6.07, 6.45) is 0. The van der Waals surface area contributed by atoms with E-state index in [1.807, 2.05) is 18.2 Å². The molecule has 0 radical (unpaired) electrons. The van der Waals surface area contributed by atoms with Crippen LogP contribution in [0.5, 0.6) is 0 Å². The zero-order chi connectivity index (χ0) is 34.5. The molecular formula is C52H27F. The number of hydrogen-bond acceptors (Lipinski definition) is 0. The van der Waals surface area contributed by atoms with Crippen molar-refractivity contribution in [3.05, 3.63) is 170 Å². The van der Waals surface area contributed by atoms with Crippen molar-refractivity contribution in [1.82, 2.24) is 0 Å². The Morgan fingerprint density at radius 1 is 0.245 bits per heavy atom. The van der Waals surface area contributed by atoms with E-state index in [0.29, 0.717) is 5.39 Å². The maximum absolute atomic E-state index is 15.3. The van der Waals surface area contributed by atoms with Gasteiger partial charge in [0.25, 0.3) is 0 Å². The van der Waals surface area contributed by atoms with Crippen molar-refractivity contribution >= 4 is 108 Å². The summed E-state index contributed by atoms with van der Waals surface area (Å²) in [5.41, 5.74) is 4.89. The van der Waals surface area contributed by atoms with Crippen LogP contribution in [0, 0.1) is 5.82 Å². The number of hydrogen-bond donors (Lipinski definition) is 0. The van der Waals surface area contributed by atoms with Crippen molar-refractivity contribution in [2.45, 2.75) is 0 Å². The molecule has 0 bridgehead atoms. The monoisotopic (exact) mass is 670 g/mol. The van der Waals surface area contributed by atoms with Gasteiger partial charge in [-0.15, -0.1) is 0 Å². The van der Waals surface area contributed by atoms with Gasteiger partial charge >= 0.3 is 0 Å². The molecule has 0 spiro atoms. The third-order valence-electron chi connectivity index (χ3n) is 12.3. The molecule has 0 nitrogen and oxygen atoms in total. The van der Waals surface area contributed by atoms with Crippen molar-refractivity contribution in [3.8, 4) is 22.3 Å². The summed E-state index contributed by atoms with van der Waals surface area (Å²) in [5, 5.41) is 24.3. The fourth-order valence-electron chi connectivity index (χ4n) is 10.3. The molecule has 53 heavy (non-hydrogen) atoms. The first-order valence-electron chi connectivity index (χ1n) is 18.4. The average molecular weight is 671 g/mol. The Morgan fingerprint density at radius 3 is 1.23 bits per heavy atom. The van der Waals surface area contributed by atoms with Gasteiger partial charge < -0.3 is 0 Å². The molecule has 0 aliphatic heterocycles. The van der Waals surface area contributed by atoms with Gasteiger partial charge in [-0.05, 0) is 137 Å². The molecular weight excluding hydrogens is 644 g/mol. The SMILES string of the molecule is Fc1ccc2c3cc4c(-c5ccccc5)c5c6ccc7c8cccc9cccc(c%10ccc(c5c(-c5ccccc5)c4cc3c3cccc1c32)c6c%107)c98. The van der Waals surface area contributed by atoms with E-state index in [1.54, 1.807) is 6.07 Å². The summed E-state index contributed by atoms with van der Waals surface area (Å²) < 4.78 is 15.3. The van der Waals surface area contributed by atoms with Crippen molar-refractivity contribution in [1.29, 1.82) is 0 Å². The molecule has 0 fully saturated rings. The number of fused-ring (bicyclic) bond motifs is 9. The summed E-state index contributed by atoms with van der Waals surface area (Å²) in [6, 6.07) is 59.3. The molecule has 0 aromatic heterocycles. The van der Waals surface area contributed by atoms with E-state index < -0.39 is 0 Å². The van der Waals surface area contributed by atoms with E-state index in [9.17, 15) is 0 Å². The van der Waals surface area contributed by atoms with Crippen LogP contribution in [0.3, 0.4) is 0 Å². The van der Waals surface area contributed by atoms with Gasteiger partial charge in [0.15, 0.2) is 0 Å². The molecule has 242 valence electrons. The van der Waals surface area contributed by atoms with Gasteiger partial charge in [-0.2, -0.15) is 0 Å². The largest absolute Gasteiger partial charge is 0.206 e. The van der Waals surface area contributed by atoms with Crippen LogP contribution >= 0.6 is 0 Å². The Kier molecular flexibility index (Phi) is 5.11. The Balaban J connectivity index is 1.34. The minimum Gasteiger partial charge on any atom is -0.206 e. The van der Waals surface area contributed by atoms with Crippen LogP contribution in [0.2, 0.25) is 0 Å². The van der Waals surface area contributed by atoms with Crippen molar-refractivity contribution in [2.24, 2.45) is 0 Å². The minimum atomic E-state index is -0.174. The molecule has 0 saturated carbocycles. The van der Waals surface area contributed by atoms with Crippen LogP contribution in [-0.2, 0) is 0 Å². The van der Waals surface area contributed by atoms with Gasteiger partial charge in [0.1, 0.15) is 5.82 Å². The van der Waals surface area contributed by atoms with Crippen molar-refractivity contribution in [2.75, 3.05) is 0 Å². The van der Waals surface area contributed by atoms with Gasteiger partial charge in [0, 0.05) is 10.8 Å². The summed E-state index contributed by atoms with van der Waals surface area (Å²) in [7, 11) is 0. The highest BCUT2D eigenvalue weighted by atomic mass is 19.1. The number of halogens is 1. The Labute approximate surface area is 302 Å². The first kappa shape index (κ1) is 27.8. The summed E-state index contributed by atoms with van der Waals surface area (Å²) in [6.45, 7) is 0. The highest BCUT2D eigenvalue weighted by Crippen LogP contribution is 2.55. The van der Waals surface area contributed by atoms with Crippen LogP contribution in [-0.4, -0.2) is 0 Å². The van der Waals surface area contributed by atoms with Gasteiger partial charge in [-0.3, -0.25) is 0 Å². The van der Waals surface area contributed by atoms with Crippen LogP contribution in [0.15, 0.2) is 164 Å². The third-order valence-corrected chi connectivity index (χ3v) is 12.3. The summed E-state index contributed by atoms with van der Waals surface area (Å²) in [5.74, 6) is -0.174. The first-order chi connectivity index (χ1) is 26.2. The lowest BCUT2D eigenvalue weighted by atomic mass is 9.85. The quantitative estimate of drug-likeness (QED) is 0.127. The van der Waals surface area contributed by atoms with Gasteiger partial charge in [0.05, 0.1) is 0 Å². The van der Waals surface area contributed by atoms with E-state index in [4.69, 9.17) is 0 Å². The van der Waals surface area contributed by atoms with Gasteiger partial charge in [0.2, 0.25) is 0 Å². The lowest BCUT2D eigenvalue weighted by Gasteiger charge is -2.17. The smallest absolute Gasteiger partial charge is 0.131 e. The molecule has 0 aliphatic carbocycles. The Hall–Kier alpha value is -6.83. The topological polar surface area (TPSA) is 0 Å². The van der Waals surface area contributed by atoms with E-state index >= 15 is 4.39 Å². The summed E-state index contributed by atoms with van der Waals surface area (Å²) >= 11 is 0. The van der Waals surface area contributed by atoms with E-state index in [-0.39, 0.29) is 5.82 Å². The lowest BCUT2D eigenvalue weighted by molar-refractivity contribution is 0.640. The maximum Gasteiger partial charge on any atom is 0.131 e.